The largest absolute Gasteiger partial charge is 0.497 e. The fourth-order valence-electron chi connectivity index (χ4n) is 3.10. The van der Waals surface area contributed by atoms with E-state index >= 15 is 0 Å². The van der Waals surface area contributed by atoms with E-state index < -0.39 is 0 Å². The fourth-order valence-corrected chi connectivity index (χ4v) is 3.10. The van der Waals surface area contributed by atoms with Crippen LogP contribution in [0.25, 0.3) is 10.8 Å². The Bertz CT molecular complexity index is 1050. The molecule has 0 spiro atoms. The maximum atomic E-state index is 12.3. The summed E-state index contributed by atoms with van der Waals surface area (Å²) in [7, 11) is 1.61. The van der Waals surface area contributed by atoms with Gasteiger partial charge in [0.25, 0.3) is 0 Å². The molecule has 2 amide bonds. The van der Waals surface area contributed by atoms with Crippen molar-refractivity contribution in [1.82, 2.24) is 10.7 Å². The lowest BCUT2D eigenvalue weighted by molar-refractivity contribution is -0.121. The van der Waals surface area contributed by atoms with Crippen molar-refractivity contribution in [3.63, 3.8) is 0 Å². The maximum absolute atomic E-state index is 12.3. The zero-order chi connectivity index (χ0) is 21.3. The Morgan fingerprint density at radius 3 is 2.43 bits per heavy atom. The Hall–Kier alpha value is -3.67. The average molecular weight is 403 g/mol. The maximum Gasteiger partial charge on any atom is 0.244 e. The summed E-state index contributed by atoms with van der Waals surface area (Å²) in [5.74, 6) is 0.395. The quantitative estimate of drug-likeness (QED) is 0.446. The number of hydrazone groups is 1. The van der Waals surface area contributed by atoms with E-state index in [-0.39, 0.29) is 24.7 Å². The Kier molecular flexibility index (Phi) is 7.16. The van der Waals surface area contributed by atoms with Crippen molar-refractivity contribution in [3.05, 3.63) is 77.9 Å². The van der Waals surface area contributed by atoms with Crippen LogP contribution >= 0.6 is 0 Å². The molecule has 2 N–H and O–H groups in total. The van der Waals surface area contributed by atoms with Crippen LogP contribution in [0.2, 0.25) is 0 Å². The molecule has 0 aliphatic rings. The van der Waals surface area contributed by atoms with Gasteiger partial charge >= 0.3 is 0 Å². The first kappa shape index (κ1) is 21.0. The van der Waals surface area contributed by atoms with Crippen LogP contribution in [0.4, 0.5) is 0 Å². The summed E-state index contributed by atoms with van der Waals surface area (Å²) >= 11 is 0. The van der Waals surface area contributed by atoms with Crippen molar-refractivity contribution in [2.75, 3.05) is 7.11 Å². The van der Waals surface area contributed by atoms with Crippen LogP contribution in [0.5, 0.6) is 5.75 Å². The molecule has 0 aromatic heterocycles. The Labute approximate surface area is 175 Å². The van der Waals surface area contributed by atoms with Gasteiger partial charge in [0.05, 0.1) is 20.0 Å². The van der Waals surface area contributed by atoms with Crippen molar-refractivity contribution < 1.29 is 14.3 Å². The zero-order valence-electron chi connectivity index (χ0n) is 17.1. The van der Waals surface area contributed by atoms with Crippen molar-refractivity contribution in [3.8, 4) is 5.75 Å². The van der Waals surface area contributed by atoms with E-state index in [1.165, 1.54) is 0 Å². The number of fused-ring (bicyclic) bond motifs is 1. The minimum Gasteiger partial charge on any atom is -0.497 e. The third kappa shape index (κ3) is 5.91. The third-order valence-electron chi connectivity index (χ3n) is 4.67. The summed E-state index contributed by atoms with van der Waals surface area (Å²) in [5, 5.41) is 9.04. The number of hydrogen-bond acceptors (Lipinski definition) is 4. The first-order chi connectivity index (χ1) is 14.5. The molecule has 0 radical (unpaired) electrons. The van der Waals surface area contributed by atoms with Crippen molar-refractivity contribution in [2.45, 2.75) is 26.3 Å². The molecule has 6 nitrogen and oxygen atoms in total. The topological polar surface area (TPSA) is 79.8 Å². The highest BCUT2D eigenvalue weighted by atomic mass is 16.5. The van der Waals surface area contributed by atoms with Gasteiger partial charge in [-0.2, -0.15) is 5.10 Å². The number of nitrogens with one attached hydrogen (secondary N) is 2. The van der Waals surface area contributed by atoms with Crippen LogP contribution < -0.4 is 15.5 Å². The minimum atomic E-state index is -0.218. The Morgan fingerprint density at radius 1 is 0.933 bits per heavy atom. The summed E-state index contributed by atoms with van der Waals surface area (Å²) in [5.41, 5.74) is 4.99. The van der Waals surface area contributed by atoms with E-state index in [0.29, 0.717) is 12.3 Å². The van der Waals surface area contributed by atoms with Crippen molar-refractivity contribution in [1.29, 1.82) is 0 Å². The highest BCUT2D eigenvalue weighted by Crippen LogP contribution is 2.18. The first-order valence-corrected chi connectivity index (χ1v) is 9.73. The second-order valence-corrected chi connectivity index (χ2v) is 7.00. The van der Waals surface area contributed by atoms with Gasteiger partial charge in [0.1, 0.15) is 5.75 Å². The number of hydrogen-bond donors (Lipinski definition) is 2. The molecule has 0 unspecified atom stereocenters. The first-order valence-electron chi connectivity index (χ1n) is 9.73. The number of ether oxygens (including phenoxy) is 1. The molecular formula is C24H25N3O3. The SMILES string of the molecule is COc1ccc(CNC(=O)C/C(C)=N\NC(=O)Cc2cccc3ccccc23)cc1. The predicted octanol–water partition coefficient (Wildman–Crippen LogP) is 3.59. The third-order valence-corrected chi connectivity index (χ3v) is 4.67. The second-order valence-electron chi connectivity index (χ2n) is 7.00. The lowest BCUT2D eigenvalue weighted by Gasteiger charge is -2.07. The van der Waals surface area contributed by atoms with E-state index in [1.54, 1.807) is 14.0 Å². The molecule has 154 valence electrons. The monoisotopic (exact) mass is 403 g/mol. The van der Waals surface area contributed by atoms with Crippen LogP contribution in [0.1, 0.15) is 24.5 Å². The smallest absolute Gasteiger partial charge is 0.244 e. The standard InChI is InChI=1S/C24H25N3O3/c1-17(14-23(28)25-16-18-10-12-21(30-2)13-11-18)26-27-24(29)15-20-8-5-7-19-6-3-4-9-22(19)20/h3-13H,14-16H2,1-2H3,(H,25,28)(H,27,29)/b26-17-. The zero-order valence-corrected chi connectivity index (χ0v) is 17.1. The molecular weight excluding hydrogens is 378 g/mol. The number of nitrogens with zero attached hydrogens (tertiary/aromatic N) is 1. The molecule has 0 fully saturated rings. The molecule has 0 aliphatic heterocycles. The molecule has 0 bridgehead atoms. The molecule has 6 heteroatoms. The molecule has 0 heterocycles. The van der Waals surface area contributed by atoms with E-state index in [9.17, 15) is 9.59 Å². The van der Waals surface area contributed by atoms with E-state index in [1.807, 2.05) is 66.7 Å². The van der Waals surface area contributed by atoms with Gasteiger partial charge in [-0.1, -0.05) is 54.6 Å². The van der Waals surface area contributed by atoms with Crippen LogP contribution in [-0.4, -0.2) is 24.6 Å². The number of methoxy groups -OCH3 is 1. The van der Waals surface area contributed by atoms with Crippen molar-refractivity contribution >= 4 is 28.3 Å². The lowest BCUT2D eigenvalue weighted by Crippen LogP contribution is -2.26. The number of carbonyl (C=O) groups is 2. The number of amides is 2. The van der Waals surface area contributed by atoms with Gasteiger partial charge in [0.15, 0.2) is 0 Å². The number of carbonyl (C=O) groups excluding carboxylic acids is 2. The molecule has 3 rings (SSSR count). The molecule has 30 heavy (non-hydrogen) atoms. The fraction of sp³-hybridized carbons (Fsp3) is 0.208. The summed E-state index contributed by atoms with van der Waals surface area (Å²) in [6, 6.07) is 21.3. The van der Waals surface area contributed by atoms with Crippen LogP contribution in [0.15, 0.2) is 71.8 Å². The molecule has 0 atom stereocenters. The average Bonchev–Trinajstić information content (AvgIpc) is 2.77. The highest BCUT2D eigenvalue weighted by Gasteiger charge is 2.08. The molecule has 3 aromatic rings. The van der Waals surface area contributed by atoms with Crippen LogP contribution in [0.3, 0.4) is 0 Å². The summed E-state index contributed by atoms with van der Waals surface area (Å²) in [6.07, 6.45) is 0.340. The van der Waals surface area contributed by atoms with E-state index in [2.05, 4.69) is 15.8 Å². The lowest BCUT2D eigenvalue weighted by atomic mass is 10.0. The minimum absolute atomic E-state index is 0.116. The molecule has 3 aromatic carbocycles. The van der Waals surface area contributed by atoms with Crippen LogP contribution in [0, 0.1) is 0 Å². The number of benzene rings is 3. The Balaban J connectivity index is 1.47. The van der Waals surface area contributed by atoms with E-state index in [0.717, 1.165) is 27.6 Å². The molecule has 0 saturated heterocycles. The van der Waals surface area contributed by atoms with Gasteiger partial charge in [-0.15, -0.1) is 0 Å². The highest BCUT2D eigenvalue weighted by molar-refractivity contribution is 6.00. The number of rotatable bonds is 8. The second kappa shape index (κ2) is 10.2. The summed E-state index contributed by atoms with van der Waals surface area (Å²) in [4.78, 5) is 24.4. The molecule has 0 saturated carbocycles. The van der Waals surface area contributed by atoms with Gasteiger partial charge in [-0.3, -0.25) is 9.59 Å². The predicted molar refractivity (Wildman–Crippen MR) is 118 cm³/mol. The van der Waals surface area contributed by atoms with Gasteiger partial charge < -0.3 is 10.1 Å². The summed E-state index contributed by atoms with van der Waals surface area (Å²) in [6.45, 7) is 2.13. The van der Waals surface area contributed by atoms with Gasteiger partial charge in [-0.05, 0) is 41.0 Å². The molecule has 0 aliphatic carbocycles. The van der Waals surface area contributed by atoms with Crippen molar-refractivity contribution in [2.24, 2.45) is 5.10 Å². The normalized spacial score (nSPS) is 11.2. The summed E-state index contributed by atoms with van der Waals surface area (Å²) < 4.78 is 5.11. The van der Waals surface area contributed by atoms with Gasteiger partial charge in [-0.25, -0.2) is 5.43 Å². The van der Waals surface area contributed by atoms with E-state index in [4.69, 9.17) is 4.74 Å². The van der Waals surface area contributed by atoms with Gasteiger partial charge in [0, 0.05) is 12.3 Å². The Morgan fingerprint density at radius 2 is 1.67 bits per heavy atom. The van der Waals surface area contributed by atoms with Crippen LogP contribution in [-0.2, 0) is 22.6 Å². The van der Waals surface area contributed by atoms with Gasteiger partial charge in [0.2, 0.25) is 11.8 Å².